The molecule has 0 N–H and O–H groups in total. The number of para-hydroxylation sites is 1. The molecular formula is C14H15ClN2O2S. The van der Waals surface area contributed by atoms with E-state index >= 15 is 0 Å². The van der Waals surface area contributed by atoms with E-state index in [0.717, 1.165) is 16.9 Å². The number of hydrogen-bond donors (Lipinski definition) is 0. The van der Waals surface area contributed by atoms with Gasteiger partial charge in [-0.3, -0.25) is 0 Å². The molecule has 2 rings (SSSR count). The Morgan fingerprint density at radius 1 is 1.25 bits per heavy atom. The minimum Gasteiger partial charge on any atom is -0.496 e. The third-order valence-corrected chi connectivity index (χ3v) is 3.33. The van der Waals surface area contributed by atoms with Crippen molar-refractivity contribution in [1.29, 1.82) is 0 Å². The largest absolute Gasteiger partial charge is 0.496 e. The number of ether oxygens (including phenoxy) is 1. The lowest BCUT2D eigenvalue weighted by atomic mass is 10.1. The molecule has 2 aromatic rings. The molecule has 1 aromatic carbocycles. The van der Waals surface area contributed by atoms with E-state index in [1.807, 2.05) is 24.3 Å². The summed E-state index contributed by atoms with van der Waals surface area (Å²) in [6.45, 7) is 0. The minimum absolute atomic E-state index is 0.302. The Morgan fingerprint density at radius 3 is 2.60 bits per heavy atom. The van der Waals surface area contributed by atoms with Crippen molar-refractivity contribution >= 4 is 27.1 Å². The van der Waals surface area contributed by atoms with Gasteiger partial charge in [-0.05, 0) is 23.8 Å². The van der Waals surface area contributed by atoms with E-state index in [-0.39, 0.29) is 0 Å². The van der Waals surface area contributed by atoms with Gasteiger partial charge < -0.3 is 4.74 Å². The van der Waals surface area contributed by atoms with Gasteiger partial charge in [-0.1, -0.05) is 29.8 Å². The van der Waals surface area contributed by atoms with Crippen LogP contribution in [0.3, 0.4) is 0 Å². The standard InChI is InChI=1S/C14H15ClN2O2S/c1-19-12-7-5-4-6-11(12)10-8-13(15)16-14(9-10)17-20(2,3)18/h4-9H,1-3H3. The summed E-state index contributed by atoms with van der Waals surface area (Å²) >= 11 is 6.02. The van der Waals surface area contributed by atoms with Crippen LogP contribution in [0.5, 0.6) is 5.75 Å². The fourth-order valence-corrected chi connectivity index (χ4v) is 2.54. The Bertz CT molecular complexity index is 745. The van der Waals surface area contributed by atoms with Gasteiger partial charge in [0, 0.05) is 27.8 Å². The fraction of sp³-hybridized carbons (Fsp3) is 0.214. The van der Waals surface area contributed by atoms with Gasteiger partial charge in [-0.2, -0.15) is 4.36 Å². The first-order valence-electron chi connectivity index (χ1n) is 5.87. The maximum Gasteiger partial charge on any atom is 0.163 e. The van der Waals surface area contributed by atoms with Crippen molar-refractivity contribution in [2.24, 2.45) is 4.36 Å². The molecule has 1 heterocycles. The van der Waals surface area contributed by atoms with Crippen LogP contribution in [0.15, 0.2) is 40.8 Å². The van der Waals surface area contributed by atoms with E-state index < -0.39 is 9.73 Å². The Balaban J connectivity index is 2.61. The van der Waals surface area contributed by atoms with Gasteiger partial charge >= 0.3 is 0 Å². The molecule has 0 spiro atoms. The molecule has 0 aliphatic rings. The lowest BCUT2D eigenvalue weighted by molar-refractivity contribution is 0.416. The van der Waals surface area contributed by atoms with Crippen LogP contribution in [-0.4, -0.2) is 28.8 Å². The Labute approximate surface area is 123 Å². The van der Waals surface area contributed by atoms with Crippen LogP contribution in [-0.2, 0) is 9.73 Å². The molecule has 106 valence electrons. The van der Waals surface area contributed by atoms with Crippen molar-refractivity contribution in [1.82, 2.24) is 4.98 Å². The summed E-state index contributed by atoms with van der Waals surface area (Å²) < 4.78 is 21.2. The maximum atomic E-state index is 11.8. The van der Waals surface area contributed by atoms with Gasteiger partial charge in [0.05, 0.1) is 7.11 Å². The van der Waals surface area contributed by atoms with E-state index in [2.05, 4.69) is 9.35 Å². The Kier molecular flexibility index (Phi) is 4.30. The summed E-state index contributed by atoms with van der Waals surface area (Å²) in [5.41, 5.74) is 1.71. The van der Waals surface area contributed by atoms with Crippen molar-refractivity contribution in [2.75, 3.05) is 19.6 Å². The second-order valence-electron chi connectivity index (χ2n) is 4.51. The molecule has 20 heavy (non-hydrogen) atoms. The van der Waals surface area contributed by atoms with Crippen LogP contribution in [0.1, 0.15) is 0 Å². The van der Waals surface area contributed by atoms with Crippen molar-refractivity contribution < 1.29 is 8.95 Å². The number of benzene rings is 1. The van der Waals surface area contributed by atoms with Gasteiger partial charge in [0.25, 0.3) is 0 Å². The summed E-state index contributed by atoms with van der Waals surface area (Å²) in [7, 11) is -0.677. The summed E-state index contributed by atoms with van der Waals surface area (Å²) in [6, 6.07) is 11.1. The molecule has 0 fully saturated rings. The molecule has 0 saturated heterocycles. The third-order valence-electron chi connectivity index (χ3n) is 2.51. The zero-order chi connectivity index (χ0) is 14.8. The number of rotatable bonds is 3. The lowest BCUT2D eigenvalue weighted by Crippen LogP contribution is -1.92. The molecule has 0 amide bonds. The zero-order valence-corrected chi connectivity index (χ0v) is 13.0. The Morgan fingerprint density at radius 2 is 1.95 bits per heavy atom. The topological polar surface area (TPSA) is 51.6 Å². The van der Waals surface area contributed by atoms with Crippen molar-refractivity contribution in [3.63, 3.8) is 0 Å². The van der Waals surface area contributed by atoms with Gasteiger partial charge in [0.2, 0.25) is 0 Å². The molecule has 0 aliphatic heterocycles. The summed E-state index contributed by atoms with van der Waals surface area (Å²) in [5, 5.41) is 0.302. The molecule has 0 bridgehead atoms. The quantitative estimate of drug-likeness (QED) is 0.811. The number of methoxy groups -OCH3 is 1. The van der Waals surface area contributed by atoms with E-state index in [0.29, 0.717) is 11.0 Å². The van der Waals surface area contributed by atoms with Crippen LogP contribution >= 0.6 is 11.6 Å². The van der Waals surface area contributed by atoms with Crippen molar-refractivity contribution in [2.45, 2.75) is 0 Å². The molecule has 6 heteroatoms. The number of nitrogens with zero attached hydrogens (tertiary/aromatic N) is 2. The van der Waals surface area contributed by atoms with Crippen molar-refractivity contribution in [3.8, 4) is 16.9 Å². The first kappa shape index (κ1) is 14.8. The van der Waals surface area contributed by atoms with Crippen LogP contribution in [0.25, 0.3) is 11.1 Å². The molecule has 0 saturated carbocycles. The second-order valence-corrected chi connectivity index (χ2v) is 7.44. The number of pyridine rings is 1. The first-order chi connectivity index (χ1) is 9.39. The molecule has 0 unspecified atom stereocenters. The molecule has 1 aromatic heterocycles. The Hall–Kier alpha value is -1.59. The van der Waals surface area contributed by atoms with Crippen LogP contribution in [0.4, 0.5) is 5.82 Å². The SMILES string of the molecule is COc1ccccc1-c1cc(Cl)nc(N=S(C)(C)=O)c1. The van der Waals surface area contributed by atoms with E-state index in [4.69, 9.17) is 16.3 Å². The maximum absolute atomic E-state index is 11.8. The predicted molar refractivity (Wildman–Crippen MR) is 83.3 cm³/mol. The smallest absolute Gasteiger partial charge is 0.163 e. The normalized spacial score (nSPS) is 11.2. The van der Waals surface area contributed by atoms with Gasteiger partial charge in [-0.25, -0.2) is 9.19 Å². The van der Waals surface area contributed by atoms with E-state index in [1.54, 1.807) is 31.8 Å². The highest BCUT2D eigenvalue weighted by molar-refractivity contribution is 7.92. The highest BCUT2D eigenvalue weighted by Crippen LogP contribution is 2.32. The van der Waals surface area contributed by atoms with Gasteiger partial charge in [0.15, 0.2) is 5.82 Å². The van der Waals surface area contributed by atoms with Gasteiger partial charge in [0.1, 0.15) is 10.9 Å². The van der Waals surface area contributed by atoms with Crippen LogP contribution in [0, 0.1) is 0 Å². The van der Waals surface area contributed by atoms with Gasteiger partial charge in [-0.15, -0.1) is 0 Å². The highest BCUT2D eigenvalue weighted by atomic mass is 35.5. The summed E-state index contributed by atoms with van der Waals surface area (Å²) in [6.07, 6.45) is 3.11. The molecule has 0 aliphatic carbocycles. The monoisotopic (exact) mass is 310 g/mol. The minimum atomic E-state index is -2.29. The first-order valence-corrected chi connectivity index (χ1v) is 8.58. The lowest BCUT2D eigenvalue weighted by Gasteiger charge is -2.09. The number of halogens is 1. The van der Waals surface area contributed by atoms with E-state index in [1.165, 1.54) is 0 Å². The highest BCUT2D eigenvalue weighted by Gasteiger charge is 2.08. The number of hydrogen-bond acceptors (Lipinski definition) is 4. The second kappa shape index (κ2) is 5.81. The zero-order valence-electron chi connectivity index (χ0n) is 11.5. The van der Waals surface area contributed by atoms with Crippen LogP contribution in [0.2, 0.25) is 5.15 Å². The van der Waals surface area contributed by atoms with Crippen molar-refractivity contribution in [3.05, 3.63) is 41.6 Å². The third kappa shape index (κ3) is 3.71. The van der Waals surface area contributed by atoms with Crippen LogP contribution < -0.4 is 4.74 Å². The summed E-state index contributed by atoms with van der Waals surface area (Å²) in [5.74, 6) is 1.09. The fourth-order valence-electron chi connectivity index (χ4n) is 1.79. The molecule has 4 nitrogen and oxygen atoms in total. The number of aromatic nitrogens is 1. The summed E-state index contributed by atoms with van der Waals surface area (Å²) in [4.78, 5) is 4.08. The predicted octanol–water partition coefficient (Wildman–Crippen LogP) is 3.77. The molecule has 0 atom stereocenters. The average Bonchev–Trinajstić information content (AvgIpc) is 2.36. The average molecular weight is 311 g/mol. The molecule has 0 radical (unpaired) electrons. The van der Waals surface area contributed by atoms with E-state index in [9.17, 15) is 4.21 Å². The molecular weight excluding hydrogens is 296 g/mol.